The molecular formula is C16H20O. The van der Waals surface area contributed by atoms with Crippen molar-refractivity contribution < 1.29 is 5.11 Å². The highest BCUT2D eigenvalue weighted by Gasteiger charge is 2.30. The predicted octanol–water partition coefficient (Wildman–Crippen LogP) is 4.25. The van der Waals surface area contributed by atoms with Gasteiger partial charge >= 0.3 is 0 Å². The largest absolute Gasteiger partial charge is 0.508 e. The van der Waals surface area contributed by atoms with E-state index >= 15 is 0 Å². The first-order valence-electron chi connectivity index (χ1n) is 6.32. The molecule has 0 heterocycles. The molecule has 2 rings (SSSR count). The van der Waals surface area contributed by atoms with Gasteiger partial charge in [-0.3, -0.25) is 0 Å². The molecule has 1 aromatic rings. The summed E-state index contributed by atoms with van der Waals surface area (Å²) in [4.78, 5) is 0. The van der Waals surface area contributed by atoms with Gasteiger partial charge in [0.15, 0.2) is 0 Å². The highest BCUT2D eigenvalue weighted by Crippen LogP contribution is 2.41. The van der Waals surface area contributed by atoms with Crippen LogP contribution in [0.4, 0.5) is 0 Å². The lowest BCUT2D eigenvalue weighted by atomic mass is 9.71. The number of rotatable bonds is 3. The monoisotopic (exact) mass is 228 g/mol. The Kier molecular flexibility index (Phi) is 3.37. The Morgan fingerprint density at radius 3 is 2.76 bits per heavy atom. The van der Waals surface area contributed by atoms with Gasteiger partial charge in [-0.15, -0.1) is 0 Å². The van der Waals surface area contributed by atoms with Crippen molar-refractivity contribution in [3.63, 3.8) is 0 Å². The Hall–Kier alpha value is -1.50. The minimum atomic E-state index is -0.0143. The van der Waals surface area contributed by atoms with E-state index in [0.29, 0.717) is 5.75 Å². The SMILES string of the molecule is CCCC1(c2cc(C)ccc2O)C=CC=CC1. The zero-order valence-electron chi connectivity index (χ0n) is 10.6. The zero-order valence-corrected chi connectivity index (χ0v) is 10.6. The fourth-order valence-electron chi connectivity index (χ4n) is 2.68. The number of hydrogen-bond acceptors (Lipinski definition) is 1. The third-order valence-electron chi connectivity index (χ3n) is 3.53. The van der Waals surface area contributed by atoms with Crippen molar-refractivity contribution in [2.75, 3.05) is 0 Å². The fraction of sp³-hybridized carbons (Fsp3) is 0.375. The number of aryl methyl sites for hydroxylation is 1. The number of benzene rings is 1. The highest BCUT2D eigenvalue weighted by atomic mass is 16.3. The second kappa shape index (κ2) is 4.79. The topological polar surface area (TPSA) is 20.2 Å². The number of hydrogen-bond donors (Lipinski definition) is 1. The maximum absolute atomic E-state index is 10.1. The number of phenols is 1. The minimum absolute atomic E-state index is 0.0143. The molecule has 0 saturated heterocycles. The minimum Gasteiger partial charge on any atom is -0.508 e. The summed E-state index contributed by atoms with van der Waals surface area (Å²) in [5.41, 5.74) is 2.26. The van der Waals surface area contributed by atoms with Gasteiger partial charge in [0, 0.05) is 11.0 Å². The van der Waals surface area contributed by atoms with Crippen LogP contribution < -0.4 is 0 Å². The van der Waals surface area contributed by atoms with Gasteiger partial charge in [0.1, 0.15) is 5.75 Å². The van der Waals surface area contributed by atoms with Crippen LogP contribution in [-0.4, -0.2) is 5.11 Å². The van der Waals surface area contributed by atoms with Crippen LogP contribution in [0.25, 0.3) is 0 Å². The lowest BCUT2D eigenvalue weighted by Crippen LogP contribution is -2.24. The third-order valence-corrected chi connectivity index (χ3v) is 3.53. The van der Waals surface area contributed by atoms with Crippen molar-refractivity contribution in [1.82, 2.24) is 0 Å². The summed E-state index contributed by atoms with van der Waals surface area (Å²) in [6, 6.07) is 5.89. The first-order chi connectivity index (χ1) is 8.18. The molecule has 0 fully saturated rings. The van der Waals surface area contributed by atoms with Crippen LogP contribution in [0.1, 0.15) is 37.3 Å². The number of aromatic hydroxyl groups is 1. The molecule has 17 heavy (non-hydrogen) atoms. The Balaban J connectivity index is 2.49. The molecule has 0 spiro atoms. The summed E-state index contributed by atoms with van der Waals surface area (Å²) in [6.07, 6.45) is 11.8. The molecule has 1 aliphatic carbocycles. The second-order valence-electron chi connectivity index (χ2n) is 4.92. The molecule has 1 aliphatic rings. The summed E-state index contributed by atoms with van der Waals surface area (Å²) in [5.74, 6) is 0.420. The molecule has 0 amide bonds. The normalized spacial score (nSPS) is 22.9. The van der Waals surface area contributed by atoms with E-state index in [0.717, 1.165) is 24.8 Å². The van der Waals surface area contributed by atoms with Crippen molar-refractivity contribution in [2.24, 2.45) is 0 Å². The van der Waals surface area contributed by atoms with Crippen molar-refractivity contribution >= 4 is 0 Å². The second-order valence-corrected chi connectivity index (χ2v) is 4.92. The molecule has 0 saturated carbocycles. The summed E-state index contributed by atoms with van der Waals surface area (Å²) in [5, 5.41) is 10.1. The smallest absolute Gasteiger partial charge is 0.119 e. The van der Waals surface area contributed by atoms with Crippen LogP contribution in [-0.2, 0) is 5.41 Å². The molecule has 0 aromatic heterocycles. The molecule has 0 radical (unpaired) electrons. The molecular weight excluding hydrogens is 208 g/mol. The van der Waals surface area contributed by atoms with Gasteiger partial charge in [0.25, 0.3) is 0 Å². The van der Waals surface area contributed by atoms with Gasteiger partial charge in [-0.05, 0) is 25.8 Å². The molecule has 1 atom stereocenters. The standard InChI is InChI=1S/C16H20O/c1-3-9-16(10-5-4-6-11-16)14-12-13(2)7-8-15(14)17/h4-8,10,12,17H,3,9,11H2,1-2H3. The molecule has 1 N–H and O–H groups in total. The third kappa shape index (κ3) is 2.28. The van der Waals surface area contributed by atoms with Crippen molar-refractivity contribution in [1.29, 1.82) is 0 Å². The van der Waals surface area contributed by atoms with Gasteiger partial charge in [-0.25, -0.2) is 0 Å². The fourth-order valence-corrected chi connectivity index (χ4v) is 2.68. The maximum Gasteiger partial charge on any atom is 0.119 e. The average molecular weight is 228 g/mol. The van der Waals surface area contributed by atoms with Crippen molar-refractivity contribution in [2.45, 2.75) is 38.5 Å². The molecule has 1 unspecified atom stereocenters. The highest BCUT2D eigenvalue weighted by molar-refractivity contribution is 5.46. The Labute approximate surface area is 103 Å². The molecule has 1 nitrogen and oxygen atoms in total. The maximum atomic E-state index is 10.1. The van der Waals surface area contributed by atoms with E-state index in [9.17, 15) is 5.11 Å². The average Bonchev–Trinajstić information content (AvgIpc) is 2.34. The first-order valence-corrected chi connectivity index (χ1v) is 6.32. The van der Waals surface area contributed by atoms with Crippen LogP contribution >= 0.6 is 0 Å². The van der Waals surface area contributed by atoms with Crippen LogP contribution in [0.15, 0.2) is 42.5 Å². The molecule has 1 aromatic carbocycles. The quantitative estimate of drug-likeness (QED) is 0.819. The Morgan fingerprint density at radius 2 is 2.12 bits per heavy atom. The van der Waals surface area contributed by atoms with Gasteiger partial charge in [0.2, 0.25) is 0 Å². The Bertz CT molecular complexity index is 457. The van der Waals surface area contributed by atoms with E-state index in [1.807, 2.05) is 12.1 Å². The van der Waals surface area contributed by atoms with Crippen LogP contribution in [0.5, 0.6) is 5.75 Å². The molecule has 1 heteroatoms. The van der Waals surface area contributed by atoms with E-state index in [-0.39, 0.29) is 5.41 Å². The van der Waals surface area contributed by atoms with Gasteiger partial charge in [-0.2, -0.15) is 0 Å². The summed E-state index contributed by atoms with van der Waals surface area (Å²) >= 11 is 0. The molecule has 90 valence electrons. The molecule has 0 aliphatic heterocycles. The van der Waals surface area contributed by atoms with E-state index in [1.54, 1.807) is 0 Å². The predicted molar refractivity (Wildman–Crippen MR) is 72.3 cm³/mol. The number of phenolic OH excluding ortho intramolecular Hbond substituents is 1. The lowest BCUT2D eigenvalue weighted by molar-refractivity contribution is 0.423. The van der Waals surface area contributed by atoms with Crippen LogP contribution in [0.2, 0.25) is 0 Å². The van der Waals surface area contributed by atoms with Gasteiger partial charge < -0.3 is 5.11 Å². The zero-order chi connectivity index (χ0) is 12.3. The van der Waals surface area contributed by atoms with Crippen molar-refractivity contribution in [3.05, 3.63) is 53.6 Å². The summed E-state index contributed by atoms with van der Waals surface area (Å²) in [6.45, 7) is 4.27. The van der Waals surface area contributed by atoms with Crippen LogP contribution in [0.3, 0.4) is 0 Å². The summed E-state index contributed by atoms with van der Waals surface area (Å²) < 4.78 is 0. The van der Waals surface area contributed by atoms with Gasteiger partial charge in [0.05, 0.1) is 0 Å². The number of allylic oxidation sites excluding steroid dienone is 4. The Morgan fingerprint density at radius 1 is 1.29 bits per heavy atom. The summed E-state index contributed by atoms with van der Waals surface area (Å²) in [7, 11) is 0. The van der Waals surface area contributed by atoms with E-state index in [1.165, 1.54) is 5.56 Å². The van der Waals surface area contributed by atoms with Crippen LogP contribution in [0, 0.1) is 6.92 Å². The van der Waals surface area contributed by atoms with E-state index in [2.05, 4.69) is 44.2 Å². The molecule has 0 bridgehead atoms. The lowest BCUT2D eigenvalue weighted by Gasteiger charge is -2.32. The van der Waals surface area contributed by atoms with Gasteiger partial charge in [-0.1, -0.05) is 55.3 Å². The van der Waals surface area contributed by atoms with Crippen molar-refractivity contribution in [3.8, 4) is 5.75 Å². The van der Waals surface area contributed by atoms with E-state index in [4.69, 9.17) is 0 Å². The first kappa shape index (κ1) is 12.0. The van der Waals surface area contributed by atoms with E-state index < -0.39 is 0 Å².